The van der Waals surface area contributed by atoms with Crippen LogP contribution in [0.4, 0.5) is 8.78 Å². The third-order valence-electron chi connectivity index (χ3n) is 2.99. The van der Waals surface area contributed by atoms with Gasteiger partial charge in [0.25, 0.3) is 0 Å². The molecule has 2 rings (SSSR count). The summed E-state index contributed by atoms with van der Waals surface area (Å²) in [5, 5.41) is 10.5. The Labute approximate surface area is 104 Å². The Morgan fingerprint density at radius 1 is 1.11 bits per heavy atom. The van der Waals surface area contributed by atoms with Crippen molar-refractivity contribution in [2.24, 2.45) is 0 Å². The predicted molar refractivity (Wildman–Crippen MR) is 64.0 cm³/mol. The third-order valence-corrected chi connectivity index (χ3v) is 2.99. The normalized spacial score (nSPS) is 14.3. The smallest absolute Gasteiger partial charge is 0.141 e. The maximum Gasteiger partial charge on any atom is 0.141 e. The van der Waals surface area contributed by atoms with Gasteiger partial charge in [-0.05, 0) is 43.2 Å². The van der Waals surface area contributed by atoms with Crippen LogP contribution in [0.15, 0.2) is 36.7 Å². The highest BCUT2D eigenvalue weighted by Crippen LogP contribution is 2.31. The fourth-order valence-corrected chi connectivity index (χ4v) is 1.95. The molecule has 0 aliphatic rings. The second-order valence-corrected chi connectivity index (χ2v) is 4.42. The van der Waals surface area contributed by atoms with E-state index < -0.39 is 17.2 Å². The molecule has 1 aromatic heterocycles. The van der Waals surface area contributed by atoms with Gasteiger partial charge in [-0.2, -0.15) is 0 Å². The van der Waals surface area contributed by atoms with E-state index in [1.807, 2.05) is 0 Å². The molecule has 0 spiro atoms. The standard InChI is InChI=1S/C14H13F2NO/c1-9-3-4-11(15)6-13(9)14(2,18)10-5-12(16)8-17-7-10/h3-8,18H,1-2H3. The number of aliphatic hydroxyl groups is 1. The zero-order chi connectivity index (χ0) is 13.3. The van der Waals surface area contributed by atoms with E-state index in [-0.39, 0.29) is 5.56 Å². The first-order valence-electron chi connectivity index (χ1n) is 5.51. The Hall–Kier alpha value is -1.81. The van der Waals surface area contributed by atoms with Crippen molar-refractivity contribution < 1.29 is 13.9 Å². The van der Waals surface area contributed by atoms with Gasteiger partial charge in [-0.15, -0.1) is 0 Å². The van der Waals surface area contributed by atoms with E-state index in [9.17, 15) is 13.9 Å². The molecule has 0 radical (unpaired) electrons. The van der Waals surface area contributed by atoms with E-state index in [0.717, 1.165) is 11.8 Å². The third kappa shape index (κ3) is 2.24. The molecule has 0 aliphatic carbocycles. The molecule has 2 aromatic rings. The van der Waals surface area contributed by atoms with Crippen LogP contribution < -0.4 is 0 Å². The molecule has 0 amide bonds. The first-order valence-corrected chi connectivity index (χ1v) is 5.51. The van der Waals surface area contributed by atoms with Crippen LogP contribution in [0.25, 0.3) is 0 Å². The van der Waals surface area contributed by atoms with Crippen molar-refractivity contribution in [1.29, 1.82) is 0 Å². The zero-order valence-electron chi connectivity index (χ0n) is 10.1. The molecule has 0 saturated carbocycles. The van der Waals surface area contributed by atoms with Gasteiger partial charge in [0.05, 0.1) is 6.20 Å². The Balaban J connectivity index is 2.57. The molecular weight excluding hydrogens is 236 g/mol. The minimum absolute atomic E-state index is 0.288. The van der Waals surface area contributed by atoms with Crippen molar-refractivity contribution in [3.05, 3.63) is 65.0 Å². The topological polar surface area (TPSA) is 33.1 Å². The maximum atomic E-state index is 13.3. The molecule has 0 bridgehead atoms. The summed E-state index contributed by atoms with van der Waals surface area (Å²) in [5.41, 5.74) is -0.0712. The van der Waals surface area contributed by atoms with Gasteiger partial charge in [-0.3, -0.25) is 4.98 Å². The molecular formula is C14H13F2NO. The van der Waals surface area contributed by atoms with Gasteiger partial charge in [-0.25, -0.2) is 8.78 Å². The number of hydrogen-bond donors (Lipinski definition) is 1. The lowest BCUT2D eigenvalue weighted by Gasteiger charge is -2.26. The average Bonchev–Trinajstić information content (AvgIpc) is 2.32. The van der Waals surface area contributed by atoms with E-state index >= 15 is 0 Å². The Kier molecular flexibility index (Phi) is 3.13. The van der Waals surface area contributed by atoms with E-state index in [1.54, 1.807) is 13.0 Å². The molecule has 1 unspecified atom stereocenters. The van der Waals surface area contributed by atoms with Gasteiger partial charge in [0, 0.05) is 11.8 Å². The van der Waals surface area contributed by atoms with E-state index in [2.05, 4.69) is 4.98 Å². The SMILES string of the molecule is Cc1ccc(F)cc1C(C)(O)c1cncc(F)c1. The number of halogens is 2. The van der Waals surface area contributed by atoms with Crippen LogP contribution in [-0.2, 0) is 5.60 Å². The summed E-state index contributed by atoms with van der Waals surface area (Å²) in [5.74, 6) is -0.984. The minimum atomic E-state index is -1.48. The Morgan fingerprint density at radius 2 is 1.83 bits per heavy atom. The van der Waals surface area contributed by atoms with Crippen molar-refractivity contribution in [3.63, 3.8) is 0 Å². The lowest BCUT2D eigenvalue weighted by atomic mass is 9.86. The average molecular weight is 249 g/mol. The summed E-state index contributed by atoms with van der Waals surface area (Å²) in [6.45, 7) is 3.25. The fraction of sp³-hybridized carbons (Fsp3) is 0.214. The van der Waals surface area contributed by atoms with Gasteiger partial charge in [-0.1, -0.05) is 6.07 Å². The molecule has 1 aromatic carbocycles. The van der Waals surface area contributed by atoms with Gasteiger partial charge >= 0.3 is 0 Å². The summed E-state index contributed by atoms with van der Waals surface area (Å²) in [6, 6.07) is 5.34. The summed E-state index contributed by atoms with van der Waals surface area (Å²) in [7, 11) is 0. The summed E-state index contributed by atoms with van der Waals surface area (Å²) < 4.78 is 26.4. The highest BCUT2D eigenvalue weighted by Gasteiger charge is 2.28. The second kappa shape index (κ2) is 4.46. The van der Waals surface area contributed by atoms with Crippen LogP contribution in [0.5, 0.6) is 0 Å². The number of pyridine rings is 1. The van der Waals surface area contributed by atoms with Crippen LogP contribution in [0.3, 0.4) is 0 Å². The Bertz CT molecular complexity index is 582. The molecule has 1 heterocycles. The molecule has 1 atom stereocenters. The zero-order valence-corrected chi connectivity index (χ0v) is 10.1. The molecule has 4 heteroatoms. The van der Waals surface area contributed by atoms with Crippen molar-refractivity contribution in [2.45, 2.75) is 19.4 Å². The largest absolute Gasteiger partial charge is 0.381 e. The first-order chi connectivity index (χ1) is 8.41. The molecule has 0 fully saturated rings. The molecule has 94 valence electrons. The van der Waals surface area contributed by atoms with Crippen LogP contribution >= 0.6 is 0 Å². The molecule has 0 saturated heterocycles. The lowest BCUT2D eigenvalue weighted by Crippen LogP contribution is -2.24. The van der Waals surface area contributed by atoms with Crippen molar-refractivity contribution in [1.82, 2.24) is 4.98 Å². The highest BCUT2D eigenvalue weighted by molar-refractivity contribution is 5.39. The van der Waals surface area contributed by atoms with Gasteiger partial charge in [0.15, 0.2) is 0 Å². The number of nitrogens with zero attached hydrogens (tertiary/aromatic N) is 1. The van der Waals surface area contributed by atoms with Crippen LogP contribution in [0.1, 0.15) is 23.6 Å². The summed E-state index contributed by atoms with van der Waals surface area (Å²) in [6.07, 6.45) is 2.42. The summed E-state index contributed by atoms with van der Waals surface area (Å²) >= 11 is 0. The van der Waals surface area contributed by atoms with Crippen molar-refractivity contribution in [2.75, 3.05) is 0 Å². The van der Waals surface area contributed by atoms with E-state index in [0.29, 0.717) is 5.56 Å². The summed E-state index contributed by atoms with van der Waals surface area (Å²) in [4.78, 5) is 3.70. The predicted octanol–water partition coefficient (Wildman–Crippen LogP) is 2.92. The maximum absolute atomic E-state index is 13.3. The number of aryl methyl sites for hydroxylation is 1. The fourth-order valence-electron chi connectivity index (χ4n) is 1.95. The van der Waals surface area contributed by atoms with Crippen molar-refractivity contribution in [3.8, 4) is 0 Å². The van der Waals surface area contributed by atoms with Crippen LogP contribution in [-0.4, -0.2) is 10.1 Å². The highest BCUT2D eigenvalue weighted by atomic mass is 19.1. The van der Waals surface area contributed by atoms with Gasteiger partial charge in [0.2, 0.25) is 0 Å². The number of hydrogen-bond acceptors (Lipinski definition) is 2. The quantitative estimate of drug-likeness (QED) is 0.887. The first kappa shape index (κ1) is 12.6. The van der Waals surface area contributed by atoms with Gasteiger partial charge in [0.1, 0.15) is 17.2 Å². The van der Waals surface area contributed by atoms with E-state index in [1.165, 1.54) is 31.3 Å². The van der Waals surface area contributed by atoms with Gasteiger partial charge < -0.3 is 5.11 Å². The van der Waals surface area contributed by atoms with E-state index in [4.69, 9.17) is 0 Å². The van der Waals surface area contributed by atoms with Crippen LogP contribution in [0, 0.1) is 18.6 Å². The molecule has 1 N–H and O–H groups in total. The Morgan fingerprint density at radius 3 is 2.50 bits per heavy atom. The number of aromatic nitrogens is 1. The molecule has 2 nitrogen and oxygen atoms in total. The number of rotatable bonds is 2. The molecule has 18 heavy (non-hydrogen) atoms. The number of benzene rings is 1. The second-order valence-electron chi connectivity index (χ2n) is 4.42. The monoisotopic (exact) mass is 249 g/mol. The van der Waals surface area contributed by atoms with Crippen molar-refractivity contribution >= 4 is 0 Å². The molecule has 0 aliphatic heterocycles. The minimum Gasteiger partial charge on any atom is -0.381 e. The lowest BCUT2D eigenvalue weighted by molar-refractivity contribution is 0.100. The van der Waals surface area contributed by atoms with Crippen LogP contribution in [0.2, 0.25) is 0 Å².